The van der Waals surface area contributed by atoms with Gasteiger partial charge < -0.3 is 10.1 Å². The zero-order valence-electron chi connectivity index (χ0n) is 10.4. The van der Waals surface area contributed by atoms with Crippen LogP contribution in [-0.2, 0) is 6.42 Å². The first-order chi connectivity index (χ1) is 7.65. The van der Waals surface area contributed by atoms with Crippen LogP contribution in [0.3, 0.4) is 0 Å². The van der Waals surface area contributed by atoms with Crippen molar-refractivity contribution in [3.05, 3.63) is 5.82 Å². The van der Waals surface area contributed by atoms with Crippen LogP contribution >= 0.6 is 0 Å². The molecule has 90 valence electrons. The number of hydrogen-bond donors (Lipinski definition) is 1. The highest BCUT2D eigenvalue weighted by molar-refractivity contribution is 5.24. The molecule has 0 atom stereocenters. The van der Waals surface area contributed by atoms with Crippen molar-refractivity contribution >= 4 is 5.95 Å². The van der Waals surface area contributed by atoms with Crippen molar-refractivity contribution in [1.29, 1.82) is 0 Å². The number of nitrogens with one attached hydrogen (secondary N) is 1. The molecule has 16 heavy (non-hydrogen) atoms. The van der Waals surface area contributed by atoms with Gasteiger partial charge in [-0.3, -0.25) is 0 Å². The number of hydrogen-bond acceptors (Lipinski definition) is 5. The number of aromatic nitrogens is 3. The summed E-state index contributed by atoms with van der Waals surface area (Å²) < 4.78 is 5.42. The van der Waals surface area contributed by atoms with Gasteiger partial charge in [-0.05, 0) is 12.3 Å². The van der Waals surface area contributed by atoms with Crippen LogP contribution in [-0.4, -0.2) is 28.6 Å². The second-order valence-electron chi connectivity index (χ2n) is 4.05. The van der Waals surface area contributed by atoms with Gasteiger partial charge in [0.05, 0.1) is 6.61 Å². The largest absolute Gasteiger partial charge is 0.463 e. The maximum atomic E-state index is 5.42. The standard InChI is InChI=1S/C11H20N4O/c1-5-6-16-11-14-9(7-8(2)3)13-10(12-4)15-11/h8H,5-7H2,1-4H3,(H,12,13,14,15). The first-order valence-corrected chi connectivity index (χ1v) is 5.71. The molecule has 5 heteroatoms. The monoisotopic (exact) mass is 224 g/mol. The number of rotatable bonds is 6. The van der Waals surface area contributed by atoms with Crippen molar-refractivity contribution in [1.82, 2.24) is 15.0 Å². The van der Waals surface area contributed by atoms with Crippen LogP contribution in [0.15, 0.2) is 0 Å². The lowest BCUT2D eigenvalue weighted by atomic mass is 10.1. The highest BCUT2D eigenvalue weighted by Gasteiger charge is 2.07. The molecule has 0 bridgehead atoms. The summed E-state index contributed by atoms with van der Waals surface area (Å²) in [6.45, 7) is 6.95. The fourth-order valence-electron chi connectivity index (χ4n) is 1.22. The first kappa shape index (κ1) is 12.7. The lowest BCUT2D eigenvalue weighted by Gasteiger charge is -2.08. The zero-order valence-corrected chi connectivity index (χ0v) is 10.4. The minimum Gasteiger partial charge on any atom is -0.463 e. The van der Waals surface area contributed by atoms with Crippen molar-refractivity contribution in [2.75, 3.05) is 19.0 Å². The molecule has 0 fully saturated rings. The molecule has 0 radical (unpaired) electrons. The number of nitrogens with zero attached hydrogens (tertiary/aromatic N) is 3. The van der Waals surface area contributed by atoms with E-state index in [-0.39, 0.29) is 0 Å². The summed E-state index contributed by atoms with van der Waals surface area (Å²) in [5.74, 6) is 1.86. The van der Waals surface area contributed by atoms with E-state index in [1.54, 1.807) is 7.05 Å². The van der Waals surface area contributed by atoms with Crippen molar-refractivity contribution < 1.29 is 4.74 Å². The summed E-state index contributed by atoms with van der Waals surface area (Å²) in [5.41, 5.74) is 0. The zero-order chi connectivity index (χ0) is 12.0. The van der Waals surface area contributed by atoms with E-state index in [1.165, 1.54) is 0 Å². The molecule has 0 unspecified atom stereocenters. The van der Waals surface area contributed by atoms with Crippen LogP contribution in [0, 0.1) is 5.92 Å². The summed E-state index contributed by atoms with van der Waals surface area (Å²) in [7, 11) is 1.79. The second kappa shape index (κ2) is 6.25. The average Bonchev–Trinajstić information content (AvgIpc) is 2.25. The van der Waals surface area contributed by atoms with Gasteiger partial charge in [0.1, 0.15) is 5.82 Å². The van der Waals surface area contributed by atoms with Gasteiger partial charge in [-0.1, -0.05) is 20.8 Å². The second-order valence-corrected chi connectivity index (χ2v) is 4.05. The maximum absolute atomic E-state index is 5.42. The van der Waals surface area contributed by atoms with Crippen molar-refractivity contribution in [2.24, 2.45) is 5.92 Å². The van der Waals surface area contributed by atoms with Crippen LogP contribution in [0.5, 0.6) is 6.01 Å². The highest BCUT2D eigenvalue weighted by atomic mass is 16.5. The van der Waals surface area contributed by atoms with Crippen LogP contribution in [0.25, 0.3) is 0 Å². The Hall–Kier alpha value is -1.39. The highest BCUT2D eigenvalue weighted by Crippen LogP contribution is 2.10. The van der Waals surface area contributed by atoms with E-state index in [0.29, 0.717) is 24.5 Å². The van der Waals surface area contributed by atoms with E-state index in [9.17, 15) is 0 Å². The molecule has 0 aliphatic rings. The predicted octanol–water partition coefficient (Wildman–Crippen LogP) is 1.90. The molecule has 0 spiro atoms. The smallest absolute Gasteiger partial charge is 0.321 e. The maximum Gasteiger partial charge on any atom is 0.321 e. The molecule has 0 saturated heterocycles. The fraction of sp³-hybridized carbons (Fsp3) is 0.727. The Labute approximate surface area is 96.7 Å². The van der Waals surface area contributed by atoms with Gasteiger partial charge in [0, 0.05) is 13.5 Å². The van der Waals surface area contributed by atoms with Crippen LogP contribution < -0.4 is 10.1 Å². The van der Waals surface area contributed by atoms with Gasteiger partial charge in [0.2, 0.25) is 5.95 Å². The summed E-state index contributed by atoms with van der Waals surface area (Å²) >= 11 is 0. The molecule has 1 aromatic heterocycles. The molecule has 1 heterocycles. The third kappa shape index (κ3) is 4.00. The van der Waals surface area contributed by atoms with E-state index in [1.807, 2.05) is 0 Å². The summed E-state index contributed by atoms with van der Waals surface area (Å²) in [5, 5.41) is 2.92. The minimum atomic E-state index is 0.414. The molecule has 1 N–H and O–H groups in total. The normalized spacial score (nSPS) is 10.6. The third-order valence-electron chi connectivity index (χ3n) is 1.91. The Morgan fingerprint density at radius 2 is 2.00 bits per heavy atom. The predicted molar refractivity (Wildman–Crippen MR) is 63.7 cm³/mol. The molecule has 0 aliphatic carbocycles. The molecular formula is C11H20N4O. The quantitative estimate of drug-likeness (QED) is 0.799. The molecule has 0 aromatic carbocycles. The molecular weight excluding hydrogens is 204 g/mol. The molecule has 0 saturated carbocycles. The van der Waals surface area contributed by atoms with E-state index < -0.39 is 0 Å². The SMILES string of the molecule is CCCOc1nc(CC(C)C)nc(NC)n1. The van der Waals surface area contributed by atoms with Gasteiger partial charge >= 0.3 is 6.01 Å². The molecule has 5 nitrogen and oxygen atoms in total. The lowest BCUT2D eigenvalue weighted by Crippen LogP contribution is -2.09. The fourth-order valence-corrected chi connectivity index (χ4v) is 1.22. The van der Waals surface area contributed by atoms with Crippen LogP contribution in [0.4, 0.5) is 5.95 Å². The van der Waals surface area contributed by atoms with Gasteiger partial charge in [-0.2, -0.15) is 15.0 Å². The van der Waals surface area contributed by atoms with E-state index in [4.69, 9.17) is 4.74 Å². The van der Waals surface area contributed by atoms with Crippen molar-refractivity contribution in [3.8, 4) is 6.01 Å². The summed E-state index contributed by atoms with van der Waals surface area (Å²) in [6, 6.07) is 0.414. The minimum absolute atomic E-state index is 0.414. The van der Waals surface area contributed by atoms with Gasteiger partial charge in [0.15, 0.2) is 0 Å². The van der Waals surface area contributed by atoms with Gasteiger partial charge in [0.25, 0.3) is 0 Å². The molecule has 0 amide bonds. The molecule has 1 rings (SSSR count). The van der Waals surface area contributed by atoms with E-state index in [0.717, 1.165) is 18.7 Å². The Balaban J connectivity index is 2.82. The van der Waals surface area contributed by atoms with Crippen molar-refractivity contribution in [2.45, 2.75) is 33.6 Å². The Kier molecular flexibility index (Phi) is 4.95. The van der Waals surface area contributed by atoms with Crippen LogP contribution in [0.2, 0.25) is 0 Å². The Bertz CT molecular complexity index is 328. The Morgan fingerprint density at radius 1 is 1.25 bits per heavy atom. The van der Waals surface area contributed by atoms with E-state index >= 15 is 0 Å². The van der Waals surface area contributed by atoms with Gasteiger partial charge in [-0.25, -0.2) is 0 Å². The third-order valence-corrected chi connectivity index (χ3v) is 1.91. The number of ether oxygens (including phenoxy) is 1. The topological polar surface area (TPSA) is 59.9 Å². The van der Waals surface area contributed by atoms with Gasteiger partial charge in [-0.15, -0.1) is 0 Å². The summed E-state index contributed by atoms with van der Waals surface area (Å²) in [4.78, 5) is 12.7. The van der Waals surface area contributed by atoms with E-state index in [2.05, 4.69) is 41.0 Å². The molecule has 1 aromatic rings. The average molecular weight is 224 g/mol. The molecule has 0 aliphatic heterocycles. The van der Waals surface area contributed by atoms with Crippen molar-refractivity contribution in [3.63, 3.8) is 0 Å². The lowest BCUT2D eigenvalue weighted by molar-refractivity contribution is 0.290. The first-order valence-electron chi connectivity index (χ1n) is 5.71. The summed E-state index contributed by atoms with van der Waals surface area (Å²) in [6.07, 6.45) is 1.78. The number of anilines is 1. The Morgan fingerprint density at radius 3 is 2.56 bits per heavy atom. The van der Waals surface area contributed by atoms with Crippen LogP contribution in [0.1, 0.15) is 33.0 Å².